The van der Waals surface area contributed by atoms with Gasteiger partial charge in [-0.05, 0) is 72.4 Å². The van der Waals surface area contributed by atoms with Gasteiger partial charge < -0.3 is 14.6 Å². The molecule has 2 N–H and O–H groups in total. The van der Waals surface area contributed by atoms with Crippen LogP contribution in [0.2, 0.25) is 0 Å². The molecular formula is C30H22N2O5S. The lowest BCUT2D eigenvalue weighted by molar-refractivity contribution is -0.122. The lowest BCUT2D eigenvalue weighted by Crippen LogP contribution is -2.54. The smallest absolute Gasteiger partial charge is 0.270 e. The van der Waals surface area contributed by atoms with Crippen LogP contribution >= 0.6 is 12.2 Å². The van der Waals surface area contributed by atoms with Crippen LogP contribution in [-0.2, 0) is 16.2 Å². The number of aromatic hydroxyl groups is 1. The number of benzene rings is 4. The highest BCUT2D eigenvalue weighted by atomic mass is 32.1. The fourth-order valence-corrected chi connectivity index (χ4v) is 4.09. The Labute approximate surface area is 224 Å². The van der Waals surface area contributed by atoms with Crippen LogP contribution in [0.4, 0.5) is 5.69 Å². The van der Waals surface area contributed by atoms with Crippen LogP contribution in [-0.4, -0.2) is 22.0 Å². The lowest BCUT2D eigenvalue weighted by Gasteiger charge is -2.29. The maximum absolute atomic E-state index is 13.3. The summed E-state index contributed by atoms with van der Waals surface area (Å²) >= 11 is 5.28. The second-order valence-corrected chi connectivity index (χ2v) is 8.75. The van der Waals surface area contributed by atoms with Gasteiger partial charge in [0.25, 0.3) is 11.8 Å². The van der Waals surface area contributed by atoms with E-state index in [1.165, 1.54) is 17.0 Å². The molecule has 0 radical (unpaired) electrons. The van der Waals surface area contributed by atoms with E-state index in [4.69, 9.17) is 21.7 Å². The summed E-state index contributed by atoms with van der Waals surface area (Å²) in [6, 6.07) is 30.4. The van der Waals surface area contributed by atoms with Gasteiger partial charge in [-0.15, -0.1) is 0 Å². The summed E-state index contributed by atoms with van der Waals surface area (Å²) in [6.45, 7) is 0.336. The zero-order valence-corrected chi connectivity index (χ0v) is 20.9. The highest BCUT2D eigenvalue weighted by molar-refractivity contribution is 7.80. The van der Waals surface area contributed by atoms with Crippen molar-refractivity contribution >= 4 is 40.9 Å². The minimum absolute atomic E-state index is 0.0391. The van der Waals surface area contributed by atoms with E-state index in [1.54, 1.807) is 36.4 Å². The number of carbonyl (C=O) groups is 2. The third-order valence-corrected chi connectivity index (χ3v) is 6.01. The van der Waals surface area contributed by atoms with E-state index >= 15 is 0 Å². The predicted molar refractivity (Wildman–Crippen MR) is 148 cm³/mol. The molecule has 4 aromatic carbocycles. The van der Waals surface area contributed by atoms with Crippen molar-refractivity contribution < 1.29 is 24.2 Å². The van der Waals surface area contributed by atoms with Crippen LogP contribution in [0, 0.1) is 0 Å². The first-order valence-electron chi connectivity index (χ1n) is 11.7. The van der Waals surface area contributed by atoms with E-state index in [2.05, 4.69) is 5.32 Å². The van der Waals surface area contributed by atoms with Crippen LogP contribution in [0.15, 0.2) is 109 Å². The molecule has 38 heavy (non-hydrogen) atoms. The van der Waals surface area contributed by atoms with Crippen molar-refractivity contribution in [1.82, 2.24) is 5.32 Å². The van der Waals surface area contributed by atoms with Crippen LogP contribution in [0.5, 0.6) is 23.0 Å². The summed E-state index contributed by atoms with van der Waals surface area (Å²) in [5, 5.41) is 13.1. The molecule has 1 saturated heterocycles. The number of rotatable bonds is 7. The van der Waals surface area contributed by atoms with Crippen molar-refractivity contribution in [3.63, 3.8) is 0 Å². The fraction of sp³-hybridized carbons (Fsp3) is 0.0333. The number of nitrogens with one attached hydrogen (secondary N) is 1. The topological polar surface area (TPSA) is 88.1 Å². The van der Waals surface area contributed by atoms with Crippen LogP contribution in [0.1, 0.15) is 11.1 Å². The third-order valence-electron chi connectivity index (χ3n) is 5.73. The number of carbonyl (C=O) groups excluding carboxylic acids is 2. The van der Waals surface area contributed by atoms with E-state index < -0.39 is 11.8 Å². The van der Waals surface area contributed by atoms with Crippen LogP contribution in [0.3, 0.4) is 0 Å². The monoisotopic (exact) mass is 522 g/mol. The standard InChI is InChI=1S/C30H22N2O5S/c33-27-18-25(36-19-20-7-3-1-4-8-20)14-11-21(27)17-26-28(34)31-30(38)32(29(26)35)22-12-15-24(16-13-22)37-23-9-5-2-6-10-23/h1-18,33H,19H2,(H,31,34,38). The van der Waals surface area contributed by atoms with E-state index in [0.29, 0.717) is 29.5 Å². The molecule has 0 unspecified atom stereocenters. The van der Waals surface area contributed by atoms with E-state index in [1.807, 2.05) is 60.7 Å². The molecule has 0 spiro atoms. The van der Waals surface area contributed by atoms with Crippen LogP contribution in [0.25, 0.3) is 6.08 Å². The average Bonchev–Trinajstić information content (AvgIpc) is 2.93. The first kappa shape index (κ1) is 24.7. The van der Waals surface area contributed by atoms with Gasteiger partial charge in [-0.1, -0.05) is 48.5 Å². The first-order valence-corrected chi connectivity index (χ1v) is 12.1. The molecule has 2 amide bonds. The molecule has 1 fully saturated rings. The highest BCUT2D eigenvalue weighted by Gasteiger charge is 2.34. The van der Waals surface area contributed by atoms with Gasteiger partial charge in [0.05, 0.1) is 5.69 Å². The van der Waals surface area contributed by atoms with Gasteiger partial charge in [0.2, 0.25) is 0 Å². The zero-order chi connectivity index (χ0) is 26.5. The number of phenols is 1. The number of hydrogen-bond donors (Lipinski definition) is 2. The molecule has 0 saturated carbocycles. The van der Waals surface area contributed by atoms with E-state index in [-0.39, 0.29) is 22.0 Å². The van der Waals surface area contributed by atoms with Crippen LogP contribution < -0.4 is 19.7 Å². The van der Waals surface area contributed by atoms with Gasteiger partial charge in [0.15, 0.2) is 5.11 Å². The molecule has 5 rings (SSSR count). The average molecular weight is 523 g/mol. The van der Waals surface area contributed by atoms with Gasteiger partial charge in [0, 0.05) is 11.6 Å². The molecule has 0 bridgehead atoms. The summed E-state index contributed by atoms with van der Waals surface area (Å²) in [5.41, 5.74) is 1.56. The van der Waals surface area contributed by atoms with Crippen molar-refractivity contribution in [1.29, 1.82) is 0 Å². The normalized spacial score (nSPS) is 14.4. The molecular weight excluding hydrogens is 500 g/mol. The first-order chi connectivity index (χ1) is 18.5. The van der Waals surface area contributed by atoms with Crippen molar-refractivity contribution in [3.8, 4) is 23.0 Å². The number of anilines is 1. The Bertz CT molecular complexity index is 1520. The summed E-state index contributed by atoms with van der Waals surface area (Å²) in [4.78, 5) is 27.2. The van der Waals surface area contributed by atoms with E-state index in [9.17, 15) is 14.7 Å². The lowest BCUT2D eigenvalue weighted by atomic mass is 10.1. The molecule has 0 aliphatic carbocycles. The second-order valence-electron chi connectivity index (χ2n) is 8.36. The number of nitrogens with zero attached hydrogens (tertiary/aromatic N) is 1. The molecule has 188 valence electrons. The van der Waals surface area contributed by atoms with Crippen molar-refractivity contribution in [2.75, 3.05) is 4.90 Å². The SMILES string of the molecule is O=C1NC(=S)N(c2ccc(Oc3ccccc3)cc2)C(=O)C1=Cc1ccc(OCc2ccccc2)cc1O. The second kappa shape index (κ2) is 11.0. The van der Waals surface area contributed by atoms with Gasteiger partial charge in [-0.2, -0.15) is 0 Å². The Kier molecular flexibility index (Phi) is 7.15. The maximum atomic E-state index is 13.3. The summed E-state index contributed by atoms with van der Waals surface area (Å²) in [7, 11) is 0. The van der Waals surface area contributed by atoms with Crippen molar-refractivity contribution in [2.45, 2.75) is 6.61 Å². The van der Waals surface area contributed by atoms with Gasteiger partial charge in [-0.25, -0.2) is 0 Å². The summed E-state index contributed by atoms with van der Waals surface area (Å²) in [5.74, 6) is 0.316. The molecule has 7 nitrogen and oxygen atoms in total. The number of hydrogen-bond acceptors (Lipinski definition) is 6. The Hall–Kier alpha value is -4.95. The molecule has 0 atom stereocenters. The maximum Gasteiger partial charge on any atom is 0.270 e. The number of amides is 2. The van der Waals surface area contributed by atoms with Gasteiger partial charge in [-0.3, -0.25) is 19.8 Å². The predicted octanol–water partition coefficient (Wildman–Crippen LogP) is 5.59. The molecule has 8 heteroatoms. The molecule has 1 aliphatic rings. The summed E-state index contributed by atoms with van der Waals surface area (Å²) in [6.07, 6.45) is 1.33. The third kappa shape index (κ3) is 5.55. The number of phenolic OH excluding ortho intramolecular Hbond substituents is 1. The Morgan fingerprint density at radius 2 is 1.45 bits per heavy atom. The minimum atomic E-state index is -0.649. The quantitative estimate of drug-likeness (QED) is 0.187. The zero-order valence-electron chi connectivity index (χ0n) is 20.0. The molecule has 1 aliphatic heterocycles. The molecule has 1 heterocycles. The van der Waals surface area contributed by atoms with Crippen molar-refractivity contribution in [3.05, 3.63) is 120 Å². The Morgan fingerprint density at radius 1 is 0.816 bits per heavy atom. The Morgan fingerprint density at radius 3 is 2.13 bits per heavy atom. The van der Waals surface area contributed by atoms with Gasteiger partial charge in [0.1, 0.15) is 35.2 Å². The number of para-hydroxylation sites is 1. The number of thiocarbonyl (C=S) groups is 1. The molecule has 0 aromatic heterocycles. The number of ether oxygens (including phenoxy) is 2. The minimum Gasteiger partial charge on any atom is -0.507 e. The summed E-state index contributed by atoms with van der Waals surface area (Å²) < 4.78 is 11.5. The van der Waals surface area contributed by atoms with Gasteiger partial charge >= 0.3 is 0 Å². The van der Waals surface area contributed by atoms with Crippen molar-refractivity contribution in [2.24, 2.45) is 0 Å². The Balaban J connectivity index is 1.33. The largest absolute Gasteiger partial charge is 0.507 e. The van der Waals surface area contributed by atoms with E-state index in [0.717, 1.165) is 5.56 Å². The molecule has 4 aromatic rings. The fourth-order valence-electron chi connectivity index (χ4n) is 3.81. The highest BCUT2D eigenvalue weighted by Crippen LogP contribution is 2.30.